The Bertz CT molecular complexity index is 4140. The molecule has 1 aliphatic carbocycles. The van der Waals surface area contributed by atoms with Crippen LogP contribution < -0.4 is 36.5 Å². The van der Waals surface area contributed by atoms with E-state index in [0.29, 0.717) is 53.6 Å². The van der Waals surface area contributed by atoms with Crippen LogP contribution in [0.15, 0.2) is 83.7 Å². The van der Waals surface area contributed by atoms with Crippen LogP contribution in [0.5, 0.6) is 5.75 Å². The Hall–Kier alpha value is -9.48. The predicted octanol–water partition coefficient (Wildman–Crippen LogP) is 4.26. The maximum absolute atomic E-state index is 15.7. The monoisotopic (exact) mass is 1320 g/mol. The molecule has 4 aromatic carbocycles. The average molecular weight is 1320 g/mol. The highest BCUT2D eigenvalue weighted by atomic mass is 19.1. The van der Waals surface area contributed by atoms with Gasteiger partial charge in [-0.2, -0.15) is 0 Å². The molecule has 26 nitrogen and oxygen atoms in total. The van der Waals surface area contributed by atoms with E-state index in [0.717, 1.165) is 22.4 Å². The highest BCUT2D eigenvalue weighted by molar-refractivity contribution is 5.98. The van der Waals surface area contributed by atoms with Gasteiger partial charge in [-0.05, 0) is 102 Å². The number of pyridine rings is 2. The summed E-state index contributed by atoms with van der Waals surface area (Å²) in [6, 6.07) is 20.2. The highest BCUT2D eigenvalue weighted by Gasteiger charge is 2.49. The molecule has 11 rings (SSSR count). The molecule has 1 saturated heterocycles. The van der Waals surface area contributed by atoms with E-state index in [1.165, 1.54) is 42.0 Å². The fourth-order valence-electron chi connectivity index (χ4n) is 12.8. The third-order valence-electron chi connectivity index (χ3n) is 18.1. The van der Waals surface area contributed by atoms with E-state index in [1.807, 2.05) is 60.7 Å². The molecular weight excluding hydrogens is 1250 g/mol. The van der Waals surface area contributed by atoms with Crippen molar-refractivity contribution in [2.75, 3.05) is 38.4 Å². The Morgan fingerprint density at radius 1 is 0.844 bits per heavy atom. The van der Waals surface area contributed by atoms with Gasteiger partial charge in [-0.25, -0.2) is 23.8 Å². The maximum atomic E-state index is 15.7. The minimum atomic E-state index is -2.11. The number of carbonyl (C=O) groups is 7. The zero-order chi connectivity index (χ0) is 68.1. The summed E-state index contributed by atoms with van der Waals surface area (Å²) in [7, 11) is 1.50. The number of aliphatic hydroxyl groups is 4. The second kappa shape index (κ2) is 29.3. The van der Waals surface area contributed by atoms with Gasteiger partial charge in [0.25, 0.3) is 5.56 Å². The second-order valence-corrected chi connectivity index (χ2v) is 24.2. The SMILES string of the molecule is CC[C@@]1(O)C(=O)OCc2c1cc1n(c2=O)Cc2c-1nc1cc(F)c(C)c3c1c2[C@@H](NC(=O)OCc1ccc(O[C@@H]2O[C@H](C(=O)O)[C@@H](O)[C@H](O)[C@H]2O)c(CNC(=O)[C@H](CNC(=O)CCOCCOC)NC(=O)CCCCC(=O)N2Cc4ccccc4/C=C\c4ccccc42)c1)CC3. The van der Waals surface area contributed by atoms with E-state index in [-0.39, 0.29) is 116 Å². The van der Waals surface area contributed by atoms with Crippen molar-refractivity contribution < 1.29 is 91.9 Å². The number of alkyl carbamates (subject to hydrolysis) is 1. The molecule has 8 atom stereocenters. The number of aliphatic carboxylic acids is 1. The van der Waals surface area contributed by atoms with Gasteiger partial charge in [-0.15, -0.1) is 0 Å². The lowest BCUT2D eigenvalue weighted by Gasteiger charge is -2.38. The first-order chi connectivity index (χ1) is 46.2. The molecule has 0 unspecified atom stereocenters. The van der Waals surface area contributed by atoms with Crippen molar-refractivity contribution in [3.8, 4) is 17.1 Å². The van der Waals surface area contributed by atoms with Crippen molar-refractivity contribution in [1.29, 1.82) is 0 Å². The summed E-state index contributed by atoms with van der Waals surface area (Å²) in [5.41, 5.74) is 4.45. The number of unbranched alkanes of at least 4 members (excludes halogenated alkanes) is 1. The number of para-hydroxylation sites is 1. The number of halogens is 1. The average Bonchev–Trinajstić information content (AvgIpc) is 1.50. The van der Waals surface area contributed by atoms with E-state index in [2.05, 4.69) is 21.3 Å². The molecule has 5 amide bonds. The Labute approximate surface area is 549 Å². The number of hydrogen-bond donors (Lipinski definition) is 9. The van der Waals surface area contributed by atoms with Crippen LogP contribution in [0.4, 0.5) is 14.9 Å². The van der Waals surface area contributed by atoms with Crippen molar-refractivity contribution in [2.45, 2.75) is 146 Å². The van der Waals surface area contributed by atoms with Gasteiger partial charge in [0.2, 0.25) is 29.9 Å². The van der Waals surface area contributed by atoms with Crippen molar-refractivity contribution in [2.24, 2.45) is 0 Å². The van der Waals surface area contributed by atoms with Gasteiger partial charge in [0.1, 0.15) is 49.1 Å². The molecule has 9 N–H and O–H groups in total. The van der Waals surface area contributed by atoms with Crippen LogP contribution >= 0.6 is 0 Å². The van der Waals surface area contributed by atoms with Crippen molar-refractivity contribution in [3.63, 3.8) is 0 Å². The number of aliphatic hydroxyl groups excluding tert-OH is 3. The number of amides is 5. The number of methoxy groups -OCH3 is 1. The number of aryl methyl sites for hydroxylation is 1. The lowest BCUT2D eigenvalue weighted by molar-refractivity contribution is -0.271. The van der Waals surface area contributed by atoms with E-state index >= 15 is 4.39 Å². The number of rotatable bonds is 24. The van der Waals surface area contributed by atoms with Gasteiger partial charge in [-0.1, -0.05) is 67.6 Å². The number of esters is 1. The van der Waals surface area contributed by atoms with E-state index < -0.39 is 115 Å². The number of nitrogens with zero attached hydrogens (tertiary/aromatic N) is 3. The summed E-state index contributed by atoms with van der Waals surface area (Å²) >= 11 is 0. The van der Waals surface area contributed by atoms with E-state index in [4.69, 9.17) is 33.4 Å². The summed E-state index contributed by atoms with van der Waals surface area (Å²) < 4.78 is 50.0. The fourth-order valence-corrected chi connectivity index (χ4v) is 12.8. The number of nitrogens with one attached hydrogen (secondary N) is 4. The zero-order valence-electron chi connectivity index (χ0n) is 52.9. The number of carboxylic acid groups (broad SMARTS) is 1. The molecule has 0 radical (unpaired) electrons. The highest BCUT2D eigenvalue weighted by Crippen LogP contribution is 2.46. The molecule has 4 aliphatic heterocycles. The molecule has 506 valence electrons. The molecule has 2 aromatic heterocycles. The molecule has 6 aromatic rings. The summed E-state index contributed by atoms with van der Waals surface area (Å²) in [5, 5.41) is 65.0. The number of cyclic esters (lactones) is 1. The molecule has 5 aliphatic rings. The van der Waals surface area contributed by atoms with E-state index in [9.17, 15) is 63.9 Å². The molecule has 0 bridgehead atoms. The van der Waals surface area contributed by atoms with E-state index in [1.54, 1.807) is 18.7 Å². The van der Waals surface area contributed by atoms with Crippen molar-refractivity contribution >= 4 is 70.4 Å². The third-order valence-corrected chi connectivity index (χ3v) is 18.1. The second-order valence-electron chi connectivity index (χ2n) is 24.2. The normalized spacial score (nSPS) is 21.1. The van der Waals surface area contributed by atoms with Gasteiger partial charge in [-0.3, -0.25) is 24.0 Å². The number of carbonyl (C=O) groups excluding carboxylic acids is 6. The number of benzene rings is 4. The van der Waals surface area contributed by atoms with Crippen LogP contribution in [0, 0.1) is 12.7 Å². The summed E-state index contributed by atoms with van der Waals surface area (Å²) in [5.74, 6) is -5.30. The van der Waals surface area contributed by atoms with Crippen LogP contribution in [-0.4, -0.2) is 147 Å². The Balaban J connectivity index is 0.806. The zero-order valence-corrected chi connectivity index (χ0v) is 52.9. The van der Waals surface area contributed by atoms with Crippen LogP contribution in [0.25, 0.3) is 34.4 Å². The van der Waals surface area contributed by atoms with Crippen LogP contribution in [0.2, 0.25) is 0 Å². The van der Waals surface area contributed by atoms with Crippen molar-refractivity contribution in [3.05, 3.63) is 156 Å². The van der Waals surface area contributed by atoms with Crippen molar-refractivity contribution in [1.82, 2.24) is 30.8 Å². The predicted molar refractivity (Wildman–Crippen MR) is 341 cm³/mol. The van der Waals surface area contributed by atoms with Gasteiger partial charge in [0, 0.05) is 67.6 Å². The minimum Gasteiger partial charge on any atom is -0.479 e. The standard InChI is InChI=1S/C69H74FN7O19/c1-4-69(90)45-28-51-58-43(33-77(51)64(85)44(45)35-93-67(69)88)57-47(21-20-42-36(2)46(70)29-48(74-58)56(42)57)75-68(89)94-34-37-17-22-52(95-66-61(83)59(81)60(82)62(96-66)65(86)87)41(27-37)30-72-63(84)49(31-71-53(78)23-24-92-26-25-91-3)73-54(79)15-9-10-16-55(80)76-32-40-13-6-5-11-38(40)18-19-39-12-7-8-14-50(39)76/h5-8,11-14,17-19,22,27-29,47,49,59-62,66,81-83,90H,4,9-10,15-16,20-21,23-26,30-35H2,1-3H3,(H,71,78)(H,72,84)(H,73,79)(H,75,89)(H,86,87)/b19-18-/t47-,49-,59-,60-,61+,62-,66+,69-/m0/s1. The lowest BCUT2D eigenvalue weighted by Crippen LogP contribution is -2.61. The summed E-state index contributed by atoms with van der Waals surface area (Å²) in [4.78, 5) is 115. The minimum absolute atomic E-state index is 0.0232. The molecule has 0 spiro atoms. The first-order valence-corrected chi connectivity index (χ1v) is 31.7. The first-order valence-electron chi connectivity index (χ1n) is 31.7. The topological polar surface area (TPSA) is 362 Å². The van der Waals surface area contributed by atoms with Gasteiger partial charge in [0.15, 0.2) is 11.7 Å². The quantitative estimate of drug-likeness (QED) is 0.0301. The Kier molecular flexibility index (Phi) is 20.7. The lowest BCUT2D eigenvalue weighted by atomic mass is 9.81. The fraction of sp³-hybridized carbons (Fsp3) is 0.406. The molecule has 27 heteroatoms. The van der Waals surface area contributed by atoms with Crippen LogP contribution in [0.3, 0.4) is 0 Å². The maximum Gasteiger partial charge on any atom is 0.407 e. The summed E-state index contributed by atoms with van der Waals surface area (Å²) in [6.45, 7) is 2.44. The Morgan fingerprint density at radius 3 is 2.39 bits per heavy atom. The van der Waals surface area contributed by atoms with Crippen LogP contribution in [-0.2, 0) is 97.3 Å². The molecule has 96 heavy (non-hydrogen) atoms. The van der Waals surface area contributed by atoms with Gasteiger partial charge >= 0.3 is 18.0 Å². The number of anilines is 1. The van der Waals surface area contributed by atoms with Gasteiger partial charge in [0.05, 0.1) is 67.1 Å². The third kappa shape index (κ3) is 14.1. The number of aromatic nitrogens is 2. The number of ether oxygens (including phenoxy) is 6. The first kappa shape index (κ1) is 67.9. The Morgan fingerprint density at radius 2 is 1.60 bits per heavy atom. The number of hydrogen-bond acceptors (Lipinski definition) is 19. The number of fused-ring (bicyclic) bond motifs is 7. The molecule has 6 heterocycles. The molecular formula is C69H74FN7O19. The summed E-state index contributed by atoms with van der Waals surface area (Å²) in [6.07, 6.45) is -6.04. The van der Waals surface area contributed by atoms with Gasteiger partial charge < -0.3 is 84.7 Å². The smallest absolute Gasteiger partial charge is 0.407 e. The largest absolute Gasteiger partial charge is 0.479 e. The molecule has 0 saturated carbocycles. The molecule has 1 fully saturated rings. The van der Waals surface area contributed by atoms with Crippen LogP contribution in [0.1, 0.15) is 119 Å². The number of carboxylic acids is 1.